The molecule has 0 amide bonds. The Kier molecular flexibility index (Phi) is 4.29. The van der Waals surface area contributed by atoms with Gasteiger partial charge in [0.25, 0.3) is 10.0 Å². The number of nitrogens with zero attached hydrogens (tertiary/aromatic N) is 3. The lowest BCUT2D eigenvalue weighted by atomic mass is 10.3. The van der Waals surface area contributed by atoms with E-state index in [1.165, 1.54) is 6.33 Å². The molecule has 0 atom stereocenters. The summed E-state index contributed by atoms with van der Waals surface area (Å²) in [4.78, 5) is 3.93. The fourth-order valence-electron chi connectivity index (χ4n) is 2.25. The number of halogens is 2. The lowest BCUT2D eigenvalue weighted by Gasteiger charge is -2.09. The van der Waals surface area contributed by atoms with Crippen LogP contribution in [0.5, 0.6) is 0 Å². The number of rotatable bonds is 4. The lowest BCUT2D eigenvalue weighted by Crippen LogP contribution is -2.14. The van der Waals surface area contributed by atoms with Crippen LogP contribution in [-0.4, -0.2) is 23.1 Å². The van der Waals surface area contributed by atoms with Crippen molar-refractivity contribution in [3.8, 4) is 5.69 Å². The Morgan fingerprint density at radius 1 is 1.17 bits per heavy atom. The molecule has 10 heteroatoms. The quantitative estimate of drug-likeness (QED) is 0.739. The van der Waals surface area contributed by atoms with Crippen molar-refractivity contribution in [1.29, 1.82) is 0 Å². The predicted octanol–water partition coefficient (Wildman–Crippen LogP) is 3.58. The molecule has 3 aromatic rings. The van der Waals surface area contributed by atoms with E-state index in [9.17, 15) is 8.42 Å². The summed E-state index contributed by atoms with van der Waals surface area (Å²) >= 11 is 11.8. The van der Waals surface area contributed by atoms with Gasteiger partial charge in [-0.1, -0.05) is 28.4 Å². The van der Waals surface area contributed by atoms with Gasteiger partial charge in [-0.2, -0.15) is 0 Å². The van der Waals surface area contributed by atoms with Crippen LogP contribution >= 0.6 is 23.2 Å². The van der Waals surface area contributed by atoms with Crippen LogP contribution in [0.3, 0.4) is 0 Å². The normalized spacial score (nSPS) is 11.7. The number of aryl methyl sites for hydroxylation is 2. The minimum absolute atomic E-state index is 0.0380. The van der Waals surface area contributed by atoms with E-state index in [1.54, 1.807) is 42.7 Å². The summed E-state index contributed by atoms with van der Waals surface area (Å²) in [6, 6.07) is 6.59. The summed E-state index contributed by atoms with van der Waals surface area (Å²) in [5.41, 5.74) is 1.39. The number of hydrogen-bond acceptors (Lipinski definition) is 5. The fraction of sp³-hybridized carbons (Fsp3) is 0.143. The molecular formula is C14H12Cl2N4O3S. The third-order valence-electron chi connectivity index (χ3n) is 3.30. The van der Waals surface area contributed by atoms with E-state index in [4.69, 9.17) is 27.7 Å². The monoisotopic (exact) mass is 386 g/mol. The second-order valence-electron chi connectivity index (χ2n) is 5.00. The van der Waals surface area contributed by atoms with Crippen LogP contribution in [0.15, 0.2) is 40.0 Å². The van der Waals surface area contributed by atoms with E-state index in [-0.39, 0.29) is 21.0 Å². The highest BCUT2D eigenvalue weighted by molar-refractivity contribution is 7.92. The standard InChI is InChI=1S/C14H12Cl2N4O3S/c1-8-12(9(2)23-18-8)24(21,22)19-10-3-5-11(6-4-10)20-7-17-13(15)14(20)16/h3-7,19H,1-2H3. The minimum Gasteiger partial charge on any atom is -0.360 e. The zero-order valence-corrected chi connectivity index (χ0v) is 14.9. The molecule has 0 aliphatic heterocycles. The third-order valence-corrected chi connectivity index (χ3v) is 5.66. The topological polar surface area (TPSA) is 90.0 Å². The van der Waals surface area contributed by atoms with E-state index >= 15 is 0 Å². The smallest absolute Gasteiger partial charge is 0.267 e. The summed E-state index contributed by atoms with van der Waals surface area (Å²) in [7, 11) is -3.79. The van der Waals surface area contributed by atoms with Crippen molar-refractivity contribution in [2.24, 2.45) is 0 Å². The maximum Gasteiger partial charge on any atom is 0.267 e. The minimum atomic E-state index is -3.79. The van der Waals surface area contributed by atoms with Gasteiger partial charge in [-0.3, -0.25) is 9.29 Å². The van der Waals surface area contributed by atoms with Crippen molar-refractivity contribution < 1.29 is 12.9 Å². The van der Waals surface area contributed by atoms with Crippen LogP contribution in [0.1, 0.15) is 11.5 Å². The van der Waals surface area contributed by atoms with E-state index < -0.39 is 10.0 Å². The van der Waals surface area contributed by atoms with Gasteiger partial charge in [-0.25, -0.2) is 13.4 Å². The Balaban J connectivity index is 1.88. The van der Waals surface area contributed by atoms with Crippen LogP contribution in [-0.2, 0) is 10.0 Å². The van der Waals surface area contributed by atoms with Gasteiger partial charge < -0.3 is 4.52 Å². The van der Waals surface area contributed by atoms with Gasteiger partial charge in [0, 0.05) is 11.4 Å². The predicted molar refractivity (Wildman–Crippen MR) is 90.4 cm³/mol. The highest BCUT2D eigenvalue weighted by Gasteiger charge is 2.24. The van der Waals surface area contributed by atoms with Gasteiger partial charge in [-0.05, 0) is 38.1 Å². The molecule has 0 saturated heterocycles. The fourth-order valence-corrected chi connectivity index (χ4v) is 3.96. The highest BCUT2D eigenvalue weighted by atomic mass is 35.5. The van der Waals surface area contributed by atoms with Gasteiger partial charge in [0.1, 0.15) is 12.0 Å². The number of benzene rings is 1. The zero-order valence-electron chi connectivity index (χ0n) is 12.6. The number of anilines is 1. The van der Waals surface area contributed by atoms with Crippen molar-refractivity contribution in [2.75, 3.05) is 4.72 Å². The number of imidazole rings is 1. The van der Waals surface area contributed by atoms with Crippen LogP contribution in [0.2, 0.25) is 10.3 Å². The molecule has 0 aliphatic carbocycles. The Morgan fingerprint density at radius 3 is 2.33 bits per heavy atom. The molecule has 2 aromatic heterocycles. The third kappa shape index (κ3) is 3.00. The van der Waals surface area contributed by atoms with E-state index in [1.807, 2.05) is 0 Å². The first-order valence-electron chi connectivity index (χ1n) is 6.74. The first-order chi connectivity index (χ1) is 11.3. The van der Waals surface area contributed by atoms with E-state index in [0.29, 0.717) is 17.1 Å². The summed E-state index contributed by atoms with van der Waals surface area (Å²) in [6.45, 7) is 3.11. The summed E-state index contributed by atoms with van der Waals surface area (Å²) in [5.74, 6) is 0.233. The van der Waals surface area contributed by atoms with Crippen LogP contribution in [0.4, 0.5) is 5.69 Å². The van der Waals surface area contributed by atoms with Crippen molar-refractivity contribution in [3.63, 3.8) is 0 Å². The number of nitrogens with one attached hydrogen (secondary N) is 1. The molecule has 0 bridgehead atoms. The number of sulfonamides is 1. The number of hydrogen-bond donors (Lipinski definition) is 1. The molecule has 0 spiro atoms. The summed E-state index contributed by atoms with van der Waals surface area (Å²) < 4.78 is 33.9. The van der Waals surface area contributed by atoms with Crippen molar-refractivity contribution in [3.05, 3.63) is 52.4 Å². The molecule has 1 aromatic carbocycles. The van der Waals surface area contributed by atoms with Crippen molar-refractivity contribution >= 4 is 38.9 Å². The van der Waals surface area contributed by atoms with E-state index in [2.05, 4.69) is 14.9 Å². The van der Waals surface area contributed by atoms with Gasteiger partial charge in [0.2, 0.25) is 0 Å². The first kappa shape index (κ1) is 16.8. The highest BCUT2D eigenvalue weighted by Crippen LogP contribution is 2.26. The molecule has 2 heterocycles. The van der Waals surface area contributed by atoms with Crippen LogP contribution in [0, 0.1) is 13.8 Å². The second-order valence-corrected chi connectivity index (χ2v) is 7.34. The Morgan fingerprint density at radius 2 is 1.83 bits per heavy atom. The van der Waals surface area contributed by atoms with Crippen LogP contribution < -0.4 is 4.72 Å². The second kappa shape index (κ2) is 6.12. The maximum absolute atomic E-state index is 12.5. The SMILES string of the molecule is Cc1noc(C)c1S(=O)(=O)Nc1ccc(-n2cnc(Cl)c2Cl)cc1. The molecule has 126 valence electrons. The maximum atomic E-state index is 12.5. The molecule has 3 rings (SSSR count). The Bertz CT molecular complexity index is 974. The summed E-state index contributed by atoms with van der Waals surface area (Å²) in [6.07, 6.45) is 1.48. The van der Waals surface area contributed by atoms with Gasteiger partial charge in [0.05, 0.1) is 0 Å². The molecular weight excluding hydrogens is 375 g/mol. The summed E-state index contributed by atoms with van der Waals surface area (Å²) in [5, 5.41) is 4.13. The number of aromatic nitrogens is 3. The molecule has 0 unspecified atom stereocenters. The molecule has 24 heavy (non-hydrogen) atoms. The molecule has 0 radical (unpaired) electrons. The average molecular weight is 387 g/mol. The van der Waals surface area contributed by atoms with Gasteiger partial charge >= 0.3 is 0 Å². The first-order valence-corrected chi connectivity index (χ1v) is 8.98. The van der Waals surface area contributed by atoms with Crippen molar-refractivity contribution in [1.82, 2.24) is 14.7 Å². The molecule has 7 nitrogen and oxygen atoms in total. The van der Waals surface area contributed by atoms with Crippen LogP contribution in [0.25, 0.3) is 5.69 Å². The molecule has 0 fully saturated rings. The Hall–Kier alpha value is -2.03. The molecule has 1 N–H and O–H groups in total. The zero-order chi connectivity index (χ0) is 17.5. The lowest BCUT2D eigenvalue weighted by molar-refractivity contribution is 0.390. The molecule has 0 aliphatic rings. The largest absolute Gasteiger partial charge is 0.360 e. The average Bonchev–Trinajstić information content (AvgIpc) is 3.03. The molecule has 0 saturated carbocycles. The van der Waals surface area contributed by atoms with Gasteiger partial charge in [-0.15, -0.1) is 0 Å². The van der Waals surface area contributed by atoms with Gasteiger partial charge in [0.15, 0.2) is 21.0 Å². The van der Waals surface area contributed by atoms with Crippen molar-refractivity contribution in [2.45, 2.75) is 18.7 Å². The van der Waals surface area contributed by atoms with E-state index in [0.717, 1.165) is 0 Å². The Labute approximate surface area is 148 Å².